The van der Waals surface area contributed by atoms with Gasteiger partial charge in [-0.1, -0.05) is 18.2 Å². The van der Waals surface area contributed by atoms with Gasteiger partial charge in [-0.15, -0.1) is 0 Å². The summed E-state index contributed by atoms with van der Waals surface area (Å²) in [6, 6.07) is 12.6. The van der Waals surface area contributed by atoms with Crippen molar-refractivity contribution in [2.24, 2.45) is 0 Å². The Kier molecular flexibility index (Phi) is 5.30. The second kappa shape index (κ2) is 7.93. The molecule has 33 heavy (non-hydrogen) atoms. The lowest BCUT2D eigenvalue weighted by Gasteiger charge is -2.26. The molecule has 1 fully saturated rings. The summed E-state index contributed by atoms with van der Waals surface area (Å²) in [4.78, 5) is 29.9. The number of carbonyl (C=O) groups excluding carboxylic acids is 2. The smallest absolute Gasteiger partial charge is 0.247 e. The molecule has 0 radical (unpaired) electrons. The molecule has 3 aliphatic heterocycles. The molecule has 0 aromatic heterocycles. The fourth-order valence-electron chi connectivity index (χ4n) is 4.88. The van der Waals surface area contributed by atoms with Crippen LogP contribution < -0.4 is 9.80 Å². The number of fused-ring (bicyclic) bond motifs is 2. The Morgan fingerprint density at radius 2 is 1.76 bits per heavy atom. The molecule has 3 heterocycles. The number of nitrogens with zero attached hydrogens (tertiary/aromatic N) is 3. The van der Waals surface area contributed by atoms with E-state index in [1.807, 2.05) is 24.3 Å². The molecular formula is C24H27N3O5S. The van der Waals surface area contributed by atoms with Crippen LogP contribution in [0.3, 0.4) is 0 Å². The minimum Gasteiger partial charge on any atom is -0.379 e. The summed E-state index contributed by atoms with van der Waals surface area (Å²) in [5, 5.41) is 0. The summed E-state index contributed by atoms with van der Waals surface area (Å²) in [5.41, 5.74) is 2.29. The Morgan fingerprint density at radius 3 is 2.52 bits per heavy atom. The van der Waals surface area contributed by atoms with Crippen molar-refractivity contribution in [2.45, 2.75) is 30.6 Å². The standard InChI is InChI=1S/C24H27N3O5S/c1-24(2)19-15-18(33(30,31)25-11-13-32-14-12-25)7-8-21(19)27(23(24)29)16-22(28)26-10-9-17-5-3-4-6-20(17)26/h3-8,15H,9-14,16H2,1-2H3. The molecule has 2 aromatic rings. The summed E-state index contributed by atoms with van der Waals surface area (Å²) in [6.45, 7) is 5.39. The van der Waals surface area contributed by atoms with Crippen LogP contribution in [0.2, 0.25) is 0 Å². The van der Waals surface area contributed by atoms with E-state index in [4.69, 9.17) is 4.74 Å². The lowest BCUT2D eigenvalue weighted by Crippen LogP contribution is -2.44. The zero-order valence-corrected chi connectivity index (χ0v) is 19.6. The van der Waals surface area contributed by atoms with E-state index in [2.05, 4.69) is 0 Å². The number of hydrogen-bond donors (Lipinski definition) is 0. The van der Waals surface area contributed by atoms with Crippen molar-refractivity contribution in [3.05, 3.63) is 53.6 Å². The van der Waals surface area contributed by atoms with Crippen LogP contribution in [-0.4, -0.2) is 63.9 Å². The predicted molar refractivity (Wildman–Crippen MR) is 124 cm³/mol. The second-order valence-corrected chi connectivity index (χ2v) is 11.1. The minimum atomic E-state index is -3.69. The molecule has 2 amide bonds. The van der Waals surface area contributed by atoms with Crippen molar-refractivity contribution >= 4 is 33.2 Å². The summed E-state index contributed by atoms with van der Waals surface area (Å²) in [6.07, 6.45) is 0.792. The number of benzene rings is 2. The van der Waals surface area contributed by atoms with E-state index >= 15 is 0 Å². The number of morpholine rings is 1. The van der Waals surface area contributed by atoms with E-state index in [0.717, 1.165) is 17.7 Å². The number of rotatable bonds is 4. The number of ether oxygens (including phenoxy) is 1. The third kappa shape index (κ3) is 3.55. The highest BCUT2D eigenvalue weighted by Crippen LogP contribution is 2.43. The fourth-order valence-corrected chi connectivity index (χ4v) is 6.32. The first-order valence-electron chi connectivity index (χ1n) is 11.1. The van der Waals surface area contributed by atoms with Gasteiger partial charge in [0.1, 0.15) is 6.54 Å². The van der Waals surface area contributed by atoms with Gasteiger partial charge >= 0.3 is 0 Å². The molecule has 0 bridgehead atoms. The molecule has 0 unspecified atom stereocenters. The van der Waals surface area contributed by atoms with E-state index in [1.165, 1.54) is 15.3 Å². The van der Waals surface area contributed by atoms with Crippen LogP contribution in [0.15, 0.2) is 47.4 Å². The molecule has 8 nitrogen and oxygen atoms in total. The molecule has 0 aliphatic carbocycles. The summed E-state index contributed by atoms with van der Waals surface area (Å²) < 4.78 is 33.0. The molecule has 0 spiro atoms. The van der Waals surface area contributed by atoms with Crippen molar-refractivity contribution in [3.8, 4) is 0 Å². The number of para-hydroxylation sites is 1. The average Bonchev–Trinajstić information content (AvgIpc) is 3.33. The molecule has 1 saturated heterocycles. The average molecular weight is 470 g/mol. The Labute approximate surface area is 193 Å². The third-order valence-electron chi connectivity index (χ3n) is 6.80. The van der Waals surface area contributed by atoms with E-state index in [9.17, 15) is 18.0 Å². The number of amides is 2. The Hall–Kier alpha value is -2.75. The van der Waals surface area contributed by atoms with Gasteiger partial charge in [0, 0.05) is 31.0 Å². The van der Waals surface area contributed by atoms with Crippen LogP contribution in [0.4, 0.5) is 11.4 Å². The molecule has 0 saturated carbocycles. The van der Waals surface area contributed by atoms with Gasteiger partial charge in [0.15, 0.2) is 0 Å². The summed E-state index contributed by atoms with van der Waals surface area (Å²) in [7, 11) is -3.69. The van der Waals surface area contributed by atoms with E-state index < -0.39 is 15.4 Å². The molecule has 3 aliphatic rings. The van der Waals surface area contributed by atoms with Crippen molar-refractivity contribution < 1.29 is 22.7 Å². The molecule has 0 atom stereocenters. The zero-order valence-electron chi connectivity index (χ0n) is 18.8. The van der Waals surface area contributed by atoms with Crippen LogP contribution >= 0.6 is 0 Å². The predicted octanol–water partition coefficient (Wildman–Crippen LogP) is 1.92. The maximum atomic E-state index is 13.3. The quantitative estimate of drug-likeness (QED) is 0.683. The molecule has 0 N–H and O–H groups in total. The number of anilines is 2. The highest BCUT2D eigenvalue weighted by atomic mass is 32.2. The van der Waals surface area contributed by atoms with E-state index in [1.54, 1.807) is 30.9 Å². The van der Waals surface area contributed by atoms with Crippen molar-refractivity contribution in [1.82, 2.24) is 4.31 Å². The summed E-state index contributed by atoms with van der Waals surface area (Å²) in [5.74, 6) is -0.360. The largest absolute Gasteiger partial charge is 0.379 e. The van der Waals surface area contributed by atoms with Gasteiger partial charge in [-0.2, -0.15) is 4.31 Å². The maximum Gasteiger partial charge on any atom is 0.247 e. The monoisotopic (exact) mass is 469 g/mol. The van der Waals surface area contributed by atoms with Gasteiger partial charge in [0.25, 0.3) is 0 Å². The number of sulfonamides is 1. The SMILES string of the molecule is CC1(C)C(=O)N(CC(=O)N2CCc3ccccc32)c2ccc(S(=O)(=O)N3CCOCC3)cc21. The zero-order chi connectivity index (χ0) is 23.4. The van der Waals surface area contributed by atoms with Crippen molar-refractivity contribution in [2.75, 3.05) is 49.2 Å². The lowest BCUT2D eigenvalue weighted by atomic mass is 9.86. The molecular weight excluding hydrogens is 442 g/mol. The van der Waals surface area contributed by atoms with Gasteiger partial charge < -0.3 is 14.5 Å². The molecule has 174 valence electrons. The van der Waals surface area contributed by atoms with Crippen LogP contribution in [-0.2, 0) is 36.2 Å². The topological polar surface area (TPSA) is 87.2 Å². The maximum absolute atomic E-state index is 13.3. The van der Waals surface area contributed by atoms with Crippen molar-refractivity contribution in [1.29, 1.82) is 0 Å². The number of carbonyl (C=O) groups is 2. The highest BCUT2D eigenvalue weighted by Gasteiger charge is 2.46. The van der Waals surface area contributed by atoms with Crippen LogP contribution in [0.1, 0.15) is 25.0 Å². The van der Waals surface area contributed by atoms with Crippen LogP contribution in [0.25, 0.3) is 0 Å². The van der Waals surface area contributed by atoms with Gasteiger partial charge in [0.2, 0.25) is 21.8 Å². The normalized spacial score (nSPS) is 20.1. The van der Waals surface area contributed by atoms with Gasteiger partial charge in [-0.25, -0.2) is 8.42 Å². The Bertz CT molecular complexity index is 1230. The highest BCUT2D eigenvalue weighted by molar-refractivity contribution is 7.89. The molecule has 5 rings (SSSR count). The molecule has 9 heteroatoms. The first kappa shape index (κ1) is 22.1. The van der Waals surface area contributed by atoms with Gasteiger partial charge in [-0.3, -0.25) is 9.59 Å². The van der Waals surface area contributed by atoms with Gasteiger partial charge in [0.05, 0.1) is 23.5 Å². The van der Waals surface area contributed by atoms with Gasteiger partial charge in [-0.05, 0) is 55.7 Å². The second-order valence-electron chi connectivity index (χ2n) is 9.14. The molecule has 2 aromatic carbocycles. The van der Waals surface area contributed by atoms with Crippen LogP contribution in [0, 0.1) is 0 Å². The fraction of sp³-hybridized carbons (Fsp3) is 0.417. The first-order valence-corrected chi connectivity index (χ1v) is 12.6. The first-order chi connectivity index (χ1) is 15.7. The third-order valence-corrected chi connectivity index (χ3v) is 8.70. The number of hydrogen-bond acceptors (Lipinski definition) is 5. The van der Waals surface area contributed by atoms with E-state index in [0.29, 0.717) is 44.1 Å². The lowest BCUT2D eigenvalue weighted by molar-refractivity contribution is -0.124. The van der Waals surface area contributed by atoms with Crippen LogP contribution in [0.5, 0.6) is 0 Å². The minimum absolute atomic E-state index is 0.0842. The Morgan fingerprint density at radius 1 is 1.03 bits per heavy atom. The summed E-state index contributed by atoms with van der Waals surface area (Å²) >= 11 is 0. The Balaban J connectivity index is 1.44. The van der Waals surface area contributed by atoms with Crippen molar-refractivity contribution in [3.63, 3.8) is 0 Å². The van der Waals surface area contributed by atoms with E-state index in [-0.39, 0.29) is 23.3 Å².